The van der Waals surface area contributed by atoms with Gasteiger partial charge in [0.05, 0.1) is 5.69 Å². The lowest BCUT2D eigenvalue weighted by molar-refractivity contribution is -0.125. The quantitative estimate of drug-likeness (QED) is 0.776. The van der Waals surface area contributed by atoms with E-state index in [1.807, 2.05) is 23.9 Å². The monoisotopic (exact) mass is 388 g/mol. The molecule has 0 atom stereocenters. The van der Waals surface area contributed by atoms with Gasteiger partial charge in [-0.1, -0.05) is 0 Å². The second-order valence-corrected chi connectivity index (χ2v) is 7.46. The van der Waals surface area contributed by atoms with Crippen molar-refractivity contribution in [2.75, 3.05) is 58.3 Å². The largest absolute Gasteiger partial charge is 0.482 e. The number of hydrogen-bond acceptors (Lipinski definition) is 5. The topological polar surface area (TPSA) is 82.2 Å². The van der Waals surface area contributed by atoms with Gasteiger partial charge in [0.2, 0.25) is 5.91 Å². The van der Waals surface area contributed by atoms with E-state index in [9.17, 15) is 14.4 Å². The number of fused-ring (bicyclic) bond motifs is 1. The minimum absolute atomic E-state index is 0.0455. The van der Waals surface area contributed by atoms with Crippen molar-refractivity contribution in [1.82, 2.24) is 15.1 Å². The Kier molecular flexibility index (Phi) is 6.51. The van der Waals surface area contributed by atoms with Crippen LogP contribution in [-0.4, -0.2) is 80.9 Å². The summed E-state index contributed by atoms with van der Waals surface area (Å²) in [6.45, 7) is 2.52. The fourth-order valence-electron chi connectivity index (χ4n) is 3.41. The van der Waals surface area contributed by atoms with E-state index < -0.39 is 0 Å². The zero-order chi connectivity index (χ0) is 20.1. The molecule has 1 fully saturated rings. The van der Waals surface area contributed by atoms with Gasteiger partial charge in [0, 0.05) is 31.7 Å². The molecule has 8 nitrogen and oxygen atoms in total. The molecule has 1 saturated heterocycles. The number of hydrogen-bond donors (Lipinski definition) is 1. The molecule has 2 aliphatic heterocycles. The molecule has 1 aromatic rings. The second-order valence-electron chi connectivity index (χ2n) is 7.46. The minimum Gasteiger partial charge on any atom is -0.482 e. The molecule has 0 spiro atoms. The Morgan fingerprint density at radius 3 is 2.64 bits per heavy atom. The Morgan fingerprint density at radius 1 is 1.18 bits per heavy atom. The number of amides is 3. The average Bonchev–Trinajstić information content (AvgIpc) is 2.69. The number of benzene rings is 1. The van der Waals surface area contributed by atoms with Crippen LogP contribution in [0.5, 0.6) is 5.75 Å². The van der Waals surface area contributed by atoms with Gasteiger partial charge in [-0.15, -0.1) is 0 Å². The van der Waals surface area contributed by atoms with Gasteiger partial charge in [-0.3, -0.25) is 19.3 Å². The molecular weight excluding hydrogens is 360 g/mol. The third-order valence-corrected chi connectivity index (χ3v) is 4.98. The molecule has 152 valence electrons. The third-order valence-electron chi connectivity index (χ3n) is 4.98. The molecule has 0 unspecified atom stereocenters. The van der Waals surface area contributed by atoms with E-state index in [1.54, 1.807) is 18.2 Å². The van der Waals surface area contributed by atoms with Crippen LogP contribution in [0, 0.1) is 0 Å². The van der Waals surface area contributed by atoms with Crippen LogP contribution in [0.4, 0.5) is 5.69 Å². The van der Waals surface area contributed by atoms with Gasteiger partial charge in [-0.25, -0.2) is 0 Å². The Bertz CT molecular complexity index is 744. The van der Waals surface area contributed by atoms with Crippen LogP contribution < -0.4 is 15.0 Å². The predicted octanol–water partition coefficient (Wildman–Crippen LogP) is 0.716. The molecule has 28 heavy (non-hydrogen) atoms. The van der Waals surface area contributed by atoms with Gasteiger partial charge >= 0.3 is 0 Å². The molecule has 0 aromatic heterocycles. The first-order chi connectivity index (χ1) is 13.5. The highest BCUT2D eigenvalue weighted by Crippen LogP contribution is 2.33. The van der Waals surface area contributed by atoms with Crippen molar-refractivity contribution < 1.29 is 19.1 Å². The first-order valence-corrected chi connectivity index (χ1v) is 9.73. The van der Waals surface area contributed by atoms with E-state index >= 15 is 0 Å². The summed E-state index contributed by atoms with van der Waals surface area (Å²) < 4.78 is 5.49. The summed E-state index contributed by atoms with van der Waals surface area (Å²) in [4.78, 5) is 42.7. The Balaban J connectivity index is 1.74. The number of rotatable bonds is 6. The highest BCUT2D eigenvalue weighted by molar-refractivity contribution is 6.04. The molecule has 8 heteroatoms. The van der Waals surface area contributed by atoms with E-state index in [-0.39, 0.29) is 30.9 Å². The fraction of sp³-hybridized carbons (Fsp3) is 0.550. The van der Waals surface area contributed by atoms with Crippen LogP contribution in [0.25, 0.3) is 0 Å². The van der Waals surface area contributed by atoms with Crippen LogP contribution in [0.3, 0.4) is 0 Å². The van der Waals surface area contributed by atoms with Gasteiger partial charge in [-0.05, 0) is 51.6 Å². The summed E-state index contributed by atoms with van der Waals surface area (Å²) in [5.41, 5.74) is 0.985. The fourth-order valence-corrected chi connectivity index (χ4v) is 3.41. The molecular formula is C20H28N4O4. The lowest BCUT2D eigenvalue weighted by Gasteiger charge is -2.30. The lowest BCUT2D eigenvalue weighted by Crippen LogP contribution is -2.46. The summed E-state index contributed by atoms with van der Waals surface area (Å²) in [5, 5.41) is 2.81. The highest BCUT2D eigenvalue weighted by Gasteiger charge is 2.29. The van der Waals surface area contributed by atoms with E-state index in [2.05, 4.69) is 5.32 Å². The molecule has 0 saturated carbocycles. The van der Waals surface area contributed by atoms with Crippen LogP contribution >= 0.6 is 0 Å². The average molecular weight is 388 g/mol. The smallest absolute Gasteiger partial charge is 0.265 e. The van der Waals surface area contributed by atoms with Crippen LogP contribution in [-0.2, 0) is 9.59 Å². The van der Waals surface area contributed by atoms with Gasteiger partial charge in [0.25, 0.3) is 11.8 Å². The van der Waals surface area contributed by atoms with Crippen molar-refractivity contribution >= 4 is 23.4 Å². The molecule has 1 N–H and O–H groups in total. The number of likely N-dealkylation sites (tertiary alicyclic amines) is 1. The number of anilines is 1. The van der Waals surface area contributed by atoms with Gasteiger partial charge in [0.15, 0.2) is 6.61 Å². The number of carbonyl (C=O) groups is 3. The first kappa shape index (κ1) is 20.1. The summed E-state index contributed by atoms with van der Waals surface area (Å²) >= 11 is 0. The maximum atomic E-state index is 12.8. The normalized spacial score (nSPS) is 16.6. The van der Waals surface area contributed by atoms with Crippen molar-refractivity contribution in [3.05, 3.63) is 23.8 Å². The molecule has 0 aliphatic carbocycles. The summed E-state index contributed by atoms with van der Waals surface area (Å²) in [5.74, 6) is -0.0690. The second kappa shape index (κ2) is 9.05. The highest BCUT2D eigenvalue weighted by atomic mass is 16.5. The summed E-state index contributed by atoms with van der Waals surface area (Å²) in [6.07, 6.45) is 3.17. The summed E-state index contributed by atoms with van der Waals surface area (Å²) in [7, 11) is 3.85. The van der Waals surface area contributed by atoms with Crippen molar-refractivity contribution in [3.8, 4) is 5.75 Å². The van der Waals surface area contributed by atoms with Gasteiger partial charge in [-0.2, -0.15) is 0 Å². The number of nitrogens with one attached hydrogen (secondary N) is 1. The molecule has 1 aromatic carbocycles. The van der Waals surface area contributed by atoms with Gasteiger partial charge < -0.3 is 19.9 Å². The van der Waals surface area contributed by atoms with E-state index in [1.165, 1.54) is 4.90 Å². The molecule has 2 aliphatic rings. The zero-order valence-electron chi connectivity index (χ0n) is 16.6. The molecule has 2 heterocycles. The molecule has 3 rings (SSSR count). The van der Waals surface area contributed by atoms with E-state index in [4.69, 9.17) is 4.74 Å². The number of piperidine rings is 1. The standard InChI is InChI=1S/C20H28N4O4/c1-22(2)11-8-21-18(25)13-24-16-12-15(6-7-17(16)28-14-19(24)26)20(27)23-9-4-3-5-10-23/h6-7,12H,3-5,8-11,13-14H2,1-2H3,(H,21,25). The van der Waals surface area contributed by atoms with Crippen molar-refractivity contribution in [2.24, 2.45) is 0 Å². The van der Waals surface area contributed by atoms with E-state index in [0.29, 0.717) is 30.1 Å². The van der Waals surface area contributed by atoms with Crippen LogP contribution in [0.15, 0.2) is 18.2 Å². The molecule has 3 amide bonds. The third kappa shape index (κ3) is 4.81. The number of carbonyl (C=O) groups excluding carboxylic acids is 3. The Hall–Kier alpha value is -2.61. The maximum absolute atomic E-state index is 12.8. The number of likely N-dealkylation sites (N-methyl/N-ethyl adjacent to an activating group) is 1. The van der Waals surface area contributed by atoms with Crippen LogP contribution in [0.1, 0.15) is 29.6 Å². The predicted molar refractivity (Wildman–Crippen MR) is 106 cm³/mol. The molecule has 0 radical (unpaired) electrons. The lowest BCUT2D eigenvalue weighted by atomic mass is 10.1. The Labute approximate surface area is 165 Å². The van der Waals surface area contributed by atoms with Crippen molar-refractivity contribution in [1.29, 1.82) is 0 Å². The Morgan fingerprint density at radius 2 is 1.93 bits per heavy atom. The zero-order valence-corrected chi connectivity index (χ0v) is 16.6. The van der Waals surface area contributed by atoms with Gasteiger partial charge in [0.1, 0.15) is 12.3 Å². The van der Waals surface area contributed by atoms with Crippen LogP contribution in [0.2, 0.25) is 0 Å². The number of ether oxygens (including phenoxy) is 1. The molecule has 0 bridgehead atoms. The SMILES string of the molecule is CN(C)CCNC(=O)CN1C(=O)COc2ccc(C(=O)N3CCCCC3)cc21. The van der Waals surface area contributed by atoms with E-state index in [0.717, 1.165) is 32.4 Å². The van der Waals surface area contributed by atoms with Crippen molar-refractivity contribution in [3.63, 3.8) is 0 Å². The first-order valence-electron chi connectivity index (χ1n) is 9.73. The number of nitrogens with zero attached hydrogens (tertiary/aromatic N) is 3. The minimum atomic E-state index is -0.294. The summed E-state index contributed by atoms with van der Waals surface area (Å²) in [6, 6.07) is 5.09. The van der Waals surface area contributed by atoms with Crippen molar-refractivity contribution in [2.45, 2.75) is 19.3 Å². The maximum Gasteiger partial charge on any atom is 0.265 e.